The zero-order valence-corrected chi connectivity index (χ0v) is 15.7. The fourth-order valence-electron chi connectivity index (χ4n) is 3.67. The van der Waals surface area contributed by atoms with Gasteiger partial charge in [0, 0.05) is 24.5 Å². The lowest BCUT2D eigenvalue weighted by atomic mass is 9.94. The van der Waals surface area contributed by atoms with Gasteiger partial charge in [-0.05, 0) is 42.5 Å². The van der Waals surface area contributed by atoms with E-state index in [1.807, 2.05) is 12.1 Å². The molecule has 1 aliphatic carbocycles. The first-order valence-electron chi connectivity index (χ1n) is 9.68. The Balaban J connectivity index is 1.66. The molecule has 0 aromatic carbocycles. The maximum absolute atomic E-state index is 12.7. The molecule has 28 heavy (non-hydrogen) atoms. The van der Waals surface area contributed by atoms with Gasteiger partial charge in [0.25, 0.3) is 12.3 Å². The van der Waals surface area contributed by atoms with Crippen molar-refractivity contribution in [2.24, 2.45) is 5.92 Å². The first-order chi connectivity index (χ1) is 13.6. The van der Waals surface area contributed by atoms with Gasteiger partial charge in [0.1, 0.15) is 5.69 Å². The van der Waals surface area contributed by atoms with Gasteiger partial charge in [-0.25, -0.2) is 13.8 Å². The second-order valence-corrected chi connectivity index (χ2v) is 7.18. The fourth-order valence-corrected chi connectivity index (χ4v) is 3.67. The van der Waals surface area contributed by atoms with E-state index in [1.165, 1.54) is 31.7 Å². The van der Waals surface area contributed by atoms with E-state index >= 15 is 0 Å². The van der Waals surface area contributed by atoms with E-state index in [0.717, 1.165) is 12.0 Å². The summed E-state index contributed by atoms with van der Waals surface area (Å²) in [4.78, 5) is 20.8. The van der Waals surface area contributed by atoms with Gasteiger partial charge in [-0.15, -0.1) is 0 Å². The Morgan fingerprint density at radius 2 is 1.93 bits per heavy atom. The van der Waals surface area contributed by atoms with E-state index in [4.69, 9.17) is 4.74 Å². The summed E-state index contributed by atoms with van der Waals surface area (Å²) >= 11 is 0. The van der Waals surface area contributed by atoms with Crippen LogP contribution in [0.2, 0.25) is 0 Å². The molecule has 5 nitrogen and oxygen atoms in total. The SMILES string of the molecule is O=C(NC(Cc1ccncc1)CC1CCCC1)c1cccc(OCC(F)F)n1. The largest absolute Gasteiger partial charge is 0.472 e. The zero-order valence-electron chi connectivity index (χ0n) is 15.7. The number of carbonyl (C=O) groups excluding carboxylic acids is 1. The van der Waals surface area contributed by atoms with Gasteiger partial charge in [-0.1, -0.05) is 31.7 Å². The Morgan fingerprint density at radius 3 is 2.64 bits per heavy atom. The zero-order chi connectivity index (χ0) is 19.8. The number of aromatic nitrogens is 2. The maximum atomic E-state index is 12.7. The molecule has 0 saturated heterocycles. The fraction of sp³-hybridized carbons (Fsp3) is 0.476. The van der Waals surface area contributed by atoms with Gasteiger partial charge < -0.3 is 10.1 Å². The van der Waals surface area contributed by atoms with Crippen LogP contribution in [-0.2, 0) is 6.42 Å². The third-order valence-electron chi connectivity index (χ3n) is 4.97. The molecule has 0 aliphatic heterocycles. The van der Waals surface area contributed by atoms with Crippen LogP contribution in [0.15, 0.2) is 42.7 Å². The van der Waals surface area contributed by atoms with Crippen molar-refractivity contribution < 1.29 is 18.3 Å². The topological polar surface area (TPSA) is 64.1 Å². The Hall–Kier alpha value is -2.57. The van der Waals surface area contributed by atoms with Crippen LogP contribution >= 0.6 is 0 Å². The van der Waals surface area contributed by atoms with E-state index < -0.39 is 13.0 Å². The summed E-state index contributed by atoms with van der Waals surface area (Å²) in [6, 6.07) is 8.48. The van der Waals surface area contributed by atoms with Crippen molar-refractivity contribution in [2.75, 3.05) is 6.61 Å². The van der Waals surface area contributed by atoms with E-state index in [1.54, 1.807) is 24.5 Å². The molecule has 1 amide bonds. The van der Waals surface area contributed by atoms with Crippen LogP contribution in [0.3, 0.4) is 0 Å². The summed E-state index contributed by atoms with van der Waals surface area (Å²) < 4.78 is 29.5. The minimum absolute atomic E-state index is 0.0226. The Kier molecular flexibility index (Phi) is 7.28. The number of nitrogens with one attached hydrogen (secondary N) is 1. The van der Waals surface area contributed by atoms with Crippen molar-refractivity contribution >= 4 is 5.91 Å². The molecule has 2 aromatic heterocycles. The molecule has 1 aliphatic rings. The number of carbonyl (C=O) groups is 1. The van der Waals surface area contributed by atoms with Crippen LogP contribution in [0.1, 0.15) is 48.2 Å². The highest BCUT2D eigenvalue weighted by atomic mass is 19.3. The molecule has 1 atom stereocenters. The van der Waals surface area contributed by atoms with Crippen LogP contribution in [0.25, 0.3) is 0 Å². The third kappa shape index (κ3) is 6.25. The molecule has 0 bridgehead atoms. The number of nitrogens with zero attached hydrogens (tertiary/aromatic N) is 2. The highest BCUT2D eigenvalue weighted by molar-refractivity contribution is 5.92. The molecular formula is C21H25F2N3O2. The molecule has 1 saturated carbocycles. The molecule has 2 aromatic rings. The predicted molar refractivity (Wildman–Crippen MR) is 102 cm³/mol. The van der Waals surface area contributed by atoms with Crippen LogP contribution in [0.4, 0.5) is 8.78 Å². The summed E-state index contributed by atoms with van der Waals surface area (Å²) in [7, 11) is 0. The van der Waals surface area contributed by atoms with E-state index in [0.29, 0.717) is 12.3 Å². The summed E-state index contributed by atoms with van der Waals surface area (Å²) in [5.41, 5.74) is 1.28. The van der Waals surface area contributed by atoms with Gasteiger partial charge in [-0.2, -0.15) is 0 Å². The maximum Gasteiger partial charge on any atom is 0.272 e. The van der Waals surface area contributed by atoms with Crippen LogP contribution in [0.5, 0.6) is 5.88 Å². The summed E-state index contributed by atoms with van der Waals surface area (Å²) in [5.74, 6) is 0.315. The lowest BCUT2D eigenvalue weighted by Crippen LogP contribution is -2.38. The third-order valence-corrected chi connectivity index (χ3v) is 4.97. The molecule has 0 spiro atoms. The quantitative estimate of drug-likeness (QED) is 0.703. The second kappa shape index (κ2) is 10.1. The molecule has 1 unspecified atom stereocenters. The standard InChI is InChI=1S/C21H25F2N3O2/c22-19(23)14-28-20-7-3-6-18(26-20)21(27)25-17(12-15-4-1-2-5-15)13-16-8-10-24-11-9-16/h3,6-11,15,17,19H,1-2,4-5,12-14H2,(H,25,27). The number of amides is 1. The van der Waals surface area contributed by atoms with E-state index in [9.17, 15) is 13.6 Å². The summed E-state index contributed by atoms with van der Waals surface area (Å²) in [5, 5.41) is 3.08. The normalized spacial score (nSPS) is 15.5. The number of hydrogen-bond acceptors (Lipinski definition) is 4. The first-order valence-corrected chi connectivity index (χ1v) is 9.68. The van der Waals surface area contributed by atoms with E-state index in [2.05, 4.69) is 15.3 Å². The number of alkyl halides is 2. The van der Waals surface area contributed by atoms with Gasteiger partial charge in [-0.3, -0.25) is 9.78 Å². The average Bonchev–Trinajstić information content (AvgIpc) is 3.20. The van der Waals surface area contributed by atoms with Crippen LogP contribution < -0.4 is 10.1 Å². The van der Waals surface area contributed by atoms with Crippen molar-refractivity contribution in [1.29, 1.82) is 0 Å². The highest BCUT2D eigenvalue weighted by Gasteiger charge is 2.23. The van der Waals surface area contributed by atoms with Gasteiger partial charge in [0.15, 0.2) is 6.61 Å². The van der Waals surface area contributed by atoms with Crippen molar-refractivity contribution in [3.05, 3.63) is 54.0 Å². The Morgan fingerprint density at radius 1 is 1.18 bits per heavy atom. The smallest absolute Gasteiger partial charge is 0.272 e. The van der Waals surface area contributed by atoms with Crippen molar-refractivity contribution in [1.82, 2.24) is 15.3 Å². The number of pyridine rings is 2. The molecular weight excluding hydrogens is 364 g/mol. The molecule has 150 valence electrons. The number of rotatable bonds is 9. The first kappa shape index (κ1) is 20.2. The minimum atomic E-state index is -2.59. The number of ether oxygens (including phenoxy) is 1. The van der Waals surface area contributed by atoms with Crippen LogP contribution in [0, 0.1) is 5.92 Å². The lowest BCUT2D eigenvalue weighted by Gasteiger charge is -2.22. The van der Waals surface area contributed by atoms with Crippen molar-refractivity contribution in [2.45, 2.75) is 51.0 Å². The van der Waals surface area contributed by atoms with Crippen molar-refractivity contribution in [3.63, 3.8) is 0 Å². The average molecular weight is 389 g/mol. The second-order valence-electron chi connectivity index (χ2n) is 7.18. The molecule has 0 radical (unpaired) electrons. The van der Waals surface area contributed by atoms with E-state index in [-0.39, 0.29) is 23.5 Å². The number of halogens is 2. The molecule has 7 heteroatoms. The summed E-state index contributed by atoms with van der Waals surface area (Å²) in [6.45, 7) is -0.746. The van der Waals surface area contributed by atoms with Gasteiger partial charge >= 0.3 is 0 Å². The molecule has 1 N–H and O–H groups in total. The minimum Gasteiger partial charge on any atom is -0.472 e. The van der Waals surface area contributed by atoms with Gasteiger partial charge in [0.2, 0.25) is 5.88 Å². The molecule has 2 heterocycles. The number of hydrogen-bond donors (Lipinski definition) is 1. The van der Waals surface area contributed by atoms with Crippen LogP contribution in [-0.4, -0.2) is 34.9 Å². The lowest BCUT2D eigenvalue weighted by molar-refractivity contribution is 0.0792. The Bertz CT molecular complexity index is 752. The molecule has 1 fully saturated rings. The van der Waals surface area contributed by atoms with Gasteiger partial charge in [0.05, 0.1) is 0 Å². The highest BCUT2D eigenvalue weighted by Crippen LogP contribution is 2.29. The molecule has 3 rings (SSSR count). The summed E-state index contributed by atoms with van der Waals surface area (Å²) in [6.07, 6.45) is 7.40. The predicted octanol–water partition coefficient (Wildman–Crippen LogP) is 4.04. The van der Waals surface area contributed by atoms with Crippen molar-refractivity contribution in [3.8, 4) is 5.88 Å². The monoisotopic (exact) mass is 389 g/mol. The Labute approximate surface area is 163 Å².